The highest BCUT2D eigenvalue weighted by Gasteiger charge is 2.41. The van der Waals surface area contributed by atoms with Crippen molar-refractivity contribution in [1.82, 2.24) is 63.1 Å². The minimum absolute atomic E-state index is 0.00130. The van der Waals surface area contributed by atoms with E-state index in [1.54, 1.807) is 6.92 Å². The SMILES string of the molecule is C[C@@H](N)CC(=O)N1CCC[C@H]1C(=O)N[C@@H](Cc1ccc(O)cc1)C(=O)N[C@H]1CSSC[C@@H](C(N)=O)NC(=O)[C@H](CCC(=O)O)NC(=O)[C@H](Cc2c[nH]c3ccc(F)cc23)NC(=O)[C@@H](CCC(N)=O)NC(=O)CCNC(=O)[C@H](CCCN=C(N)N)NC(=O)[C@H](Cc2cccc(Cl)c2Cl)NC(=O)[C@H](C2CCCC2)NC1=O. The summed E-state index contributed by atoms with van der Waals surface area (Å²) in [5, 5.41) is 46.6. The van der Waals surface area contributed by atoms with Crippen LogP contribution in [0.3, 0.4) is 0 Å². The van der Waals surface area contributed by atoms with Crippen LogP contribution in [0.25, 0.3) is 10.9 Å². The monoisotopic (exact) mass is 1590 g/mol. The number of fused-ring (bicyclic) bond motifs is 1. The lowest BCUT2D eigenvalue weighted by Crippen LogP contribution is -2.61. The number of aliphatic carboxylic acids is 1. The summed E-state index contributed by atoms with van der Waals surface area (Å²) in [5.74, 6) is -16.2. The molecule has 1 saturated carbocycles. The first kappa shape index (κ1) is 86.3. The number of benzene rings is 3. The zero-order chi connectivity index (χ0) is 79.6. The second-order valence-corrected chi connectivity index (χ2v) is 30.2. The van der Waals surface area contributed by atoms with Crippen LogP contribution in [0.2, 0.25) is 10.0 Å². The van der Waals surface area contributed by atoms with Gasteiger partial charge in [-0.3, -0.25) is 72.1 Å². The number of carbonyl (C=O) groups is 14. The molecule has 13 amide bonds. The van der Waals surface area contributed by atoms with Crippen LogP contribution in [0.15, 0.2) is 71.9 Å². The standard InChI is InChI=1S/C70H93Cl2FN18O16S2/c1-35(74)27-56(95)91-26-6-12-53(91)68(106)86-48(28-36-13-16-41(92)17-14-36)64(102)89-52-34-109-108-33-51(60(76)98)88-63(101)47(20-22-57(96)97)84-66(104)50(30-39-32-81-44-18-15-40(73)31-42(39)44)85-62(100)46(19-21-54(75)93)82-55(94)23-25-79-61(99)45(11-5-24-80-70(77)78)83-65(103)49(29-38-9-4-10-43(71)58(38)72)87-69(107)59(90-67(52)105)37-7-2-3-8-37/h4,9-10,13-18,31-32,35,37,45-53,59,81,92H,2-3,5-8,11-12,19-30,33-34,74H2,1H3,(H2,75,93)(H2,76,98)(H,79,99)(H,82,94)(H,83,103)(H,84,104)(H,85,100)(H,86,106)(H,87,107)(H,88,101)(H,89,102)(H,90,105)(H,96,97)(H4,77,78,80)/t35-,45+,46-,47+,48+,49+,50+,51+,52+,53+,59+/m1/s1. The minimum Gasteiger partial charge on any atom is -0.508 e. The van der Waals surface area contributed by atoms with E-state index in [9.17, 15) is 62.5 Å². The van der Waals surface area contributed by atoms with E-state index >= 15 is 19.2 Å². The number of carbonyl (C=O) groups excluding carboxylic acids is 13. The number of nitrogens with two attached hydrogens (primary N) is 5. The molecule has 0 radical (unpaired) electrons. The number of halogens is 3. The van der Waals surface area contributed by atoms with Crippen molar-refractivity contribution in [1.29, 1.82) is 0 Å². The molecule has 592 valence electrons. The Morgan fingerprint density at radius 1 is 0.706 bits per heavy atom. The zero-order valence-corrected chi connectivity index (χ0v) is 62.8. The number of carboxylic acids is 1. The van der Waals surface area contributed by atoms with Crippen LogP contribution in [-0.2, 0) is 86.4 Å². The van der Waals surface area contributed by atoms with E-state index in [1.807, 2.05) is 0 Å². The van der Waals surface area contributed by atoms with Gasteiger partial charge in [-0.15, -0.1) is 0 Å². The number of nitrogens with one attached hydrogen (secondary N) is 11. The number of guanidine groups is 1. The first-order valence-corrected chi connectivity index (χ1v) is 38.7. The molecule has 1 aromatic heterocycles. The number of phenolic OH excluding ortho intramolecular Hbond substituents is 1. The Morgan fingerprint density at radius 3 is 1.99 bits per heavy atom. The summed E-state index contributed by atoms with van der Waals surface area (Å²) >= 11 is 13.2. The molecule has 2 saturated heterocycles. The molecule has 0 spiro atoms. The summed E-state index contributed by atoms with van der Waals surface area (Å²) in [7, 11) is 1.68. The Labute approximate surface area is 644 Å². The highest BCUT2D eigenvalue weighted by atomic mass is 35.5. The maximum absolute atomic E-state index is 15.3. The van der Waals surface area contributed by atoms with Gasteiger partial charge in [0, 0.05) is 99.2 Å². The van der Waals surface area contributed by atoms with E-state index in [0.29, 0.717) is 43.2 Å². The molecule has 34 nitrogen and oxygen atoms in total. The second kappa shape index (κ2) is 42.1. The van der Waals surface area contributed by atoms with Gasteiger partial charge in [0.15, 0.2) is 5.96 Å². The molecule has 3 aliphatic rings. The molecule has 2 aliphatic heterocycles. The predicted octanol–water partition coefficient (Wildman–Crippen LogP) is -0.801. The fourth-order valence-corrected chi connectivity index (χ4v) is 15.4. The normalized spacial score (nSPS) is 22.9. The summed E-state index contributed by atoms with van der Waals surface area (Å²) in [6.07, 6.45) is -0.206. The Bertz CT molecular complexity index is 4000. The number of primary amides is 2. The molecule has 4 aromatic rings. The van der Waals surface area contributed by atoms with Crippen LogP contribution in [0.5, 0.6) is 5.75 Å². The van der Waals surface area contributed by atoms with Crippen molar-refractivity contribution in [2.45, 2.75) is 183 Å². The number of aromatic amines is 1. The number of rotatable bonds is 24. The summed E-state index contributed by atoms with van der Waals surface area (Å²) in [6.45, 7) is 1.34. The van der Waals surface area contributed by atoms with Gasteiger partial charge in [-0.2, -0.15) is 0 Å². The molecule has 0 unspecified atom stereocenters. The summed E-state index contributed by atoms with van der Waals surface area (Å²) in [5.41, 5.74) is 29.9. The fraction of sp³-hybridized carbons (Fsp3) is 0.500. The summed E-state index contributed by atoms with van der Waals surface area (Å²) in [4.78, 5) is 206. The third kappa shape index (κ3) is 27.0. The number of hydrogen-bond acceptors (Lipinski definition) is 19. The fourth-order valence-electron chi connectivity index (χ4n) is 12.7. The Balaban J connectivity index is 1.30. The lowest BCUT2D eigenvalue weighted by atomic mass is 9.95. The number of H-pyrrole nitrogens is 1. The highest BCUT2D eigenvalue weighted by molar-refractivity contribution is 8.76. The van der Waals surface area contributed by atoms with Gasteiger partial charge in [0.2, 0.25) is 76.8 Å². The van der Waals surface area contributed by atoms with Crippen LogP contribution >= 0.6 is 44.8 Å². The second-order valence-electron chi connectivity index (χ2n) is 26.9. The number of aliphatic imine (C=N–C) groups is 1. The van der Waals surface area contributed by atoms with Crippen LogP contribution in [0.4, 0.5) is 4.39 Å². The van der Waals surface area contributed by atoms with Crippen LogP contribution in [-0.4, -0.2) is 206 Å². The third-order valence-electron chi connectivity index (χ3n) is 18.4. The number of nitrogens with zero attached hydrogens (tertiary/aromatic N) is 2. The maximum atomic E-state index is 15.3. The number of amides is 13. The van der Waals surface area contributed by atoms with Crippen LogP contribution in [0.1, 0.15) is 114 Å². The van der Waals surface area contributed by atoms with Gasteiger partial charge in [0.25, 0.3) is 0 Å². The lowest BCUT2D eigenvalue weighted by molar-refractivity contribution is -0.140. The van der Waals surface area contributed by atoms with Gasteiger partial charge in [-0.05, 0) is 117 Å². The average Bonchev–Trinajstić information content (AvgIpc) is 1.73. The molecule has 109 heavy (non-hydrogen) atoms. The van der Waals surface area contributed by atoms with E-state index in [4.69, 9.17) is 51.9 Å². The molecular formula is C70H93Cl2FN18O16S2. The topological polar surface area (TPSA) is 561 Å². The van der Waals surface area contributed by atoms with Crippen LogP contribution < -0.4 is 81.8 Å². The van der Waals surface area contributed by atoms with Crippen molar-refractivity contribution in [3.05, 3.63) is 99.4 Å². The van der Waals surface area contributed by atoms with Crippen LogP contribution in [0, 0.1) is 11.7 Å². The quantitative estimate of drug-likeness (QED) is 0.0177. The number of carboxylic acid groups (broad SMARTS) is 1. The van der Waals surface area contributed by atoms with Gasteiger partial charge in [0.1, 0.15) is 72.0 Å². The molecule has 7 rings (SSSR count). The van der Waals surface area contributed by atoms with Crippen molar-refractivity contribution in [2.24, 2.45) is 39.6 Å². The molecule has 39 heteroatoms. The van der Waals surface area contributed by atoms with Gasteiger partial charge < -0.3 is 102 Å². The molecule has 11 atom stereocenters. The highest BCUT2D eigenvalue weighted by Crippen LogP contribution is 2.31. The summed E-state index contributed by atoms with van der Waals surface area (Å²) in [6, 6.07) is -2.23. The first-order valence-electron chi connectivity index (χ1n) is 35.4. The number of aromatic nitrogens is 1. The summed E-state index contributed by atoms with van der Waals surface area (Å²) < 4.78 is 14.8. The molecule has 0 bridgehead atoms. The van der Waals surface area contributed by atoms with E-state index in [2.05, 4.69) is 63.1 Å². The van der Waals surface area contributed by atoms with Crippen molar-refractivity contribution in [3.63, 3.8) is 0 Å². The van der Waals surface area contributed by atoms with Gasteiger partial charge in [0.05, 0.1) is 10.0 Å². The molecule has 3 heterocycles. The van der Waals surface area contributed by atoms with Gasteiger partial charge in [-0.25, -0.2) is 4.39 Å². The minimum atomic E-state index is -1.81. The van der Waals surface area contributed by atoms with Crippen molar-refractivity contribution in [3.8, 4) is 5.75 Å². The van der Waals surface area contributed by atoms with Crippen molar-refractivity contribution in [2.75, 3.05) is 31.1 Å². The lowest BCUT2D eigenvalue weighted by Gasteiger charge is -2.30. The maximum Gasteiger partial charge on any atom is 0.303 e. The van der Waals surface area contributed by atoms with E-state index in [1.165, 1.54) is 59.6 Å². The van der Waals surface area contributed by atoms with Gasteiger partial charge in [-0.1, -0.05) is 81.9 Å². The molecule has 3 fully saturated rings. The van der Waals surface area contributed by atoms with E-state index in [0.717, 1.165) is 33.7 Å². The number of phenols is 1. The third-order valence-corrected chi connectivity index (χ3v) is 21.7. The van der Waals surface area contributed by atoms with E-state index < -0.39 is 218 Å². The van der Waals surface area contributed by atoms with Crippen molar-refractivity contribution >= 4 is 144 Å². The van der Waals surface area contributed by atoms with Gasteiger partial charge >= 0.3 is 5.97 Å². The number of hydrogen-bond donors (Lipinski definition) is 18. The predicted molar refractivity (Wildman–Crippen MR) is 403 cm³/mol. The first-order chi connectivity index (χ1) is 51.8. The average molecular weight is 1600 g/mol. The van der Waals surface area contributed by atoms with E-state index in [-0.39, 0.29) is 89.9 Å². The number of aromatic hydroxyl groups is 1. The molecule has 3 aromatic carbocycles. The van der Waals surface area contributed by atoms with Crippen molar-refractivity contribution < 1.29 is 81.7 Å². The smallest absolute Gasteiger partial charge is 0.303 e. The largest absolute Gasteiger partial charge is 0.508 e. The Hall–Kier alpha value is -9.98. The molecule has 23 N–H and O–H groups in total. The Morgan fingerprint density at radius 2 is 1.33 bits per heavy atom. The molecule has 1 aliphatic carbocycles. The molecular weight excluding hydrogens is 1500 g/mol. The Kier molecular flexibility index (Phi) is 33.3. The zero-order valence-electron chi connectivity index (χ0n) is 59.7. The number of likely N-dealkylation sites (tertiary alicyclic amines) is 1.